The highest BCUT2D eigenvalue weighted by Crippen LogP contribution is 2.38. The number of hydrogen-bond acceptors (Lipinski definition) is 3. The number of rotatable bonds is 6. The third-order valence-electron chi connectivity index (χ3n) is 5.76. The van der Waals surface area contributed by atoms with Crippen LogP contribution in [-0.4, -0.2) is 41.2 Å². The lowest BCUT2D eigenvalue weighted by Crippen LogP contribution is -2.47. The molecule has 0 radical (unpaired) electrons. The van der Waals surface area contributed by atoms with E-state index in [2.05, 4.69) is 11.4 Å². The van der Waals surface area contributed by atoms with Gasteiger partial charge in [-0.15, -0.1) is 11.3 Å². The Kier molecular flexibility index (Phi) is 7.15. The third-order valence-corrected chi connectivity index (χ3v) is 7.01. The van der Waals surface area contributed by atoms with Gasteiger partial charge in [-0.2, -0.15) is 0 Å². The largest absolute Gasteiger partial charge is 0.330 e. The van der Waals surface area contributed by atoms with Gasteiger partial charge in [0.15, 0.2) is 0 Å². The minimum absolute atomic E-state index is 0.0298. The van der Waals surface area contributed by atoms with Crippen molar-refractivity contribution in [1.82, 2.24) is 9.80 Å². The van der Waals surface area contributed by atoms with Crippen LogP contribution < -0.4 is 0 Å². The zero-order valence-corrected chi connectivity index (χ0v) is 20.2. The Hall–Kier alpha value is -2.70. The Morgan fingerprint density at radius 1 is 1.12 bits per heavy atom. The maximum Gasteiger partial charge on any atom is 0.254 e. The highest BCUT2D eigenvalue weighted by Gasteiger charge is 2.34. The highest BCUT2D eigenvalue weighted by atomic mass is 35.5. The summed E-state index contributed by atoms with van der Waals surface area (Å²) in [7, 11) is 0. The second-order valence-electron chi connectivity index (χ2n) is 8.68. The number of benzene rings is 2. The average Bonchev–Trinajstić information content (AvgIpc) is 3.27. The summed E-state index contributed by atoms with van der Waals surface area (Å²) in [5, 5.41) is 2.70. The molecule has 33 heavy (non-hydrogen) atoms. The van der Waals surface area contributed by atoms with Crippen LogP contribution in [0.25, 0.3) is 0 Å². The monoisotopic (exact) mass is 484 g/mol. The number of nitrogens with zero attached hydrogens (tertiary/aromatic N) is 2. The maximum atomic E-state index is 13.6. The summed E-state index contributed by atoms with van der Waals surface area (Å²) < 4.78 is 13.3. The smallest absolute Gasteiger partial charge is 0.254 e. The first-order valence-corrected chi connectivity index (χ1v) is 12.2. The predicted molar refractivity (Wildman–Crippen MR) is 130 cm³/mol. The first-order chi connectivity index (χ1) is 15.8. The van der Waals surface area contributed by atoms with E-state index in [9.17, 15) is 14.0 Å². The van der Waals surface area contributed by atoms with Crippen molar-refractivity contribution in [2.24, 2.45) is 5.92 Å². The van der Waals surface area contributed by atoms with Crippen molar-refractivity contribution in [1.29, 1.82) is 0 Å². The van der Waals surface area contributed by atoms with Crippen LogP contribution in [-0.2, 0) is 11.2 Å². The van der Waals surface area contributed by atoms with E-state index in [4.69, 9.17) is 11.6 Å². The van der Waals surface area contributed by atoms with E-state index in [-0.39, 0.29) is 30.3 Å². The summed E-state index contributed by atoms with van der Waals surface area (Å²) >= 11 is 7.81. The molecule has 0 N–H and O–H groups in total. The standard InChI is InChI=1S/C26H26ClFN2O2S/c1-17(2)15-29(26(32)19-5-9-21(28)10-6-19)16-24(31)30-13-11-23-22(12-14-33-23)25(30)18-3-7-20(27)8-4-18/h3-10,12,14,17,25H,11,13,15-16H2,1-2H3. The van der Waals surface area contributed by atoms with Crippen LogP contribution in [0.1, 0.15) is 46.3 Å². The Morgan fingerprint density at radius 2 is 1.82 bits per heavy atom. The second kappa shape index (κ2) is 10.1. The predicted octanol–water partition coefficient (Wildman–Crippen LogP) is 5.81. The van der Waals surface area contributed by atoms with Crippen LogP contribution in [0.5, 0.6) is 0 Å². The number of halogens is 2. The Balaban J connectivity index is 1.61. The van der Waals surface area contributed by atoms with E-state index in [0.717, 1.165) is 17.5 Å². The summed E-state index contributed by atoms with van der Waals surface area (Å²) in [6.45, 7) is 5.00. The van der Waals surface area contributed by atoms with Gasteiger partial charge in [-0.05, 0) is 71.3 Å². The van der Waals surface area contributed by atoms with E-state index in [1.54, 1.807) is 16.2 Å². The molecule has 0 aliphatic carbocycles. The fraction of sp³-hybridized carbons (Fsp3) is 0.308. The van der Waals surface area contributed by atoms with Gasteiger partial charge in [0.05, 0.1) is 6.04 Å². The summed E-state index contributed by atoms with van der Waals surface area (Å²) in [5.41, 5.74) is 2.49. The van der Waals surface area contributed by atoms with E-state index >= 15 is 0 Å². The quantitative estimate of drug-likeness (QED) is 0.442. The first kappa shape index (κ1) is 23.5. The van der Waals surface area contributed by atoms with E-state index in [0.29, 0.717) is 23.7 Å². The van der Waals surface area contributed by atoms with Crippen LogP contribution in [0.4, 0.5) is 4.39 Å². The summed E-state index contributed by atoms with van der Waals surface area (Å²) in [4.78, 5) is 31.5. The molecule has 2 aromatic carbocycles. The molecule has 3 aromatic rings. The minimum Gasteiger partial charge on any atom is -0.330 e. The van der Waals surface area contributed by atoms with Gasteiger partial charge in [-0.1, -0.05) is 37.6 Å². The fourth-order valence-electron chi connectivity index (χ4n) is 4.28. The number of thiophene rings is 1. The molecule has 1 unspecified atom stereocenters. The summed E-state index contributed by atoms with van der Waals surface area (Å²) in [6.07, 6.45) is 0.791. The number of amides is 2. The average molecular weight is 485 g/mol. The molecule has 1 aliphatic rings. The van der Waals surface area contributed by atoms with Gasteiger partial charge in [0.1, 0.15) is 12.4 Å². The maximum absolute atomic E-state index is 13.6. The van der Waals surface area contributed by atoms with Gasteiger partial charge >= 0.3 is 0 Å². The SMILES string of the molecule is CC(C)CN(CC(=O)N1CCc2sccc2C1c1ccc(Cl)cc1)C(=O)c1ccc(F)cc1. The van der Waals surface area contributed by atoms with Crippen LogP contribution in [0.15, 0.2) is 60.0 Å². The molecule has 0 spiro atoms. The van der Waals surface area contributed by atoms with Crippen molar-refractivity contribution in [2.75, 3.05) is 19.6 Å². The Morgan fingerprint density at radius 3 is 2.48 bits per heavy atom. The van der Waals surface area contributed by atoms with Crippen molar-refractivity contribution in [2.45, 2.75) is 26.3 Å². The Bertz CT molecular complexity index is 1130. The van der Waals surface area contributed by atoms with Crippen molar-refractivity contribution in [3.63, 3.8) is 0 Å². The molecule has 1 atom stereocenters. The lowest BCUT2D eigenvalue weighted by atomic mass is 9.93. The fourth-order valence-corrected chi connectivity index (χ4v) is 5.31. The number of hydrogen-bond donors (Lipinski definition) is 0. The number of carbonyl (C=O) groups is 2. The van der Waals surface area contributed by atoms with Crippen molar-refractivity contribution in [3.8, 4) is 0 Å². The van der Waals surface area contributed by atoms with Crippen LogP contribution in [0.2, 0.25) is 5.02 Å². The van der Waals surface area contributed by atoms with Gasteiger partial charge in [-0.3, -0.25) is 9.59 Å². The molecule has 172 valence electrons. The van der Waals surface area contributed by atoms with Gasteiger partial charge in [0, 0.05) is 28.6 Å². The molecule has 1 aliphatic heterocycles. The molecular formula is C26H26ClFN2O2S. The van der Waals surface area contributed by atoms with Gasteiger partial charge < -0.3 is 9.80 Å². The molecule has 0 bridgehead atoms. The Labute approximate surface area is 202 Å². The topological polar surface area (TPSA) is 40.6 Å². The molecule has 7 heteroatoms. The molecule has 4 nitrogen and oxygen atoms in total. The number of fused-ring (bicyclic) bond motifs is 1. The van der Waals surface area contributed by atoms with Crippen LogP contribution >= 0.6 is 22.9 Å². The van der Waals surface area contributed by atoms with Gasteiger partial charge in [-0.25, -0.2) is 4.39 Å². The molecule has 0 saturated heterocycles. The molecule has 0 fully saturated rings. The summed E-state index contributed by atoms with van der Waals surface area (Å²) in [6, 6.07) is 14.9. The second-order valence-corrected chi connectivity index (χ2v) is 10.1. The zero-order chi connectivity index (χ0) is 23.5. The third kappa shape index (κ3) is 5.28. The van der Waals surface area contributed by atoms with Crippen LogP contribution in [0, 0.1) is 11.7 Å². The molecule has 1 aromatic heterocycles. The summed E-state index contributed by atoms with van der Waals surface area (Å²) in [5.74, 6) is -0.598. The minimum atomic E-state index is -0.399. The van der Waals surface area contributed by atoms with Crippen molar-refractivity contribution < 1.29 is 14.0 Å². The van der Waals surface area contributed by atoms with Crippen molar-refractivity contribution >= 4 is 34.8 Å². The molecule has 4 rings (SSSR count). The van der Waals surface area contributed by atoms with Gasteiger partial charge in [0.2, 0.25) is 5.91 Å². The molecular weight excluding hydrogens is 459 g/mol. The van der Waals surface area contributed by atoms with Gasteiger partial charge in [0.25, 0.3) is 5.91 Å². The van der Waals surface area contributed by atoms with E-state index in [1.165, 1.54) is 29.1 Å². The lowest BCUT2D eigenvalue weighted by Gasteiger charge is -2.38. The van der Waals surface area contributed by atoms with Crippen molar-refractivity contribution in [3.05, 3.63) is 92.4 Å². The number of carbonyl (C=O) groups excluding carboxylic acids is 2. The molecule has 2 heterocycles. The lowest BCUT2D eigenvalue weighted by molar-refractivity contribution is -0.134. The van der Waals surface area contributed by atoms with E-state index < -0.39 is 5.82 Å². The van der Waals surface area contributed by atoms with Crippen LogP contribution in [0.3, 0.4) is 0 Å². The molecule has 0 saturated carbocycles. The highest BCUT2D eigenvalue weighted by molar-refractivity contribution is 7.10. The normalized spacial score (nSPS) is 15.4. The van der Waals surface area contributed by atoms with E-state index in [1.807, 2.05) is 43.0 Å². The first-order valence-electron chi connectivity index (χ1n) is 11.0. The molecule has 2 amide bonds. The zero-order valence-electron chi connectivity index (χ0n) is 18.6.